The van der Waals surface area contributed by atoms with Gasteiger partial charge in [-0.3, -0.25) is 0 Å². The SMILES string of the molecule is c1ccc2c(c1)B1c3ccc(-c4ccc5sc6ccccc6c5c4)cc3-c3cc(-c4ccc5sc6ccccc6c5c4)ccc3N1c1ccc(-c3ccc4sc5ccccc5c4c3)cc1-2. The van der Waals surface area contributed by atoms with Crippen molar-refractivity contribution in [3.8, 4) is 55.6 Å². The number of fused-ring (bicyclic) bond motifs is 20. The molecule has 15 rings (SSSR count). The van der Waals surface area contributed by atoms with Crippen LogP contribution in [0.1, 0.15) is 0 Å². The summed E-state index contributed by atoms with van der Waals surface area (Å²) >= 11 is 5.63. The third kappa shape index (κ3) is 5.32. The second-order valence-corrected chi connectivity index (χ2v) is 20.8. The zero-order chi connectivity index (χ0) is 42.3. The lowest BCUT2D eigenvalue weighted by Gasteiger charge is -2.43. The van der Waals surface area contributed by atoms with Crippen LogP contribution in [0, 0.1) is 0 Å². The fraction of sp³-hybridized carbons (Fsp3) is 0. The van der Waals surface area contributed by atoms with E-state index >= 15 is 0 Å². The molecular formula is C60H34BNS3. The van der Waals surface area contributed by atoms with Gasteiger partial charge in [0.2, 0.25) is 0 Å². The van der Waals surface area contributed by atoms with Crippen LogP contribution in [-0.2, 0) is 0 Å². The third-order valence-electron chi connectivity index (χ3n) is 14.1. The first-order valence-electron chi connectivity index (χ1n) is 22.2. The highest BCUT2D eigenvalue weighted by atomic mass is 32.1. The largest absolute Gasteiger partial charge is 0.376 e. The second-order valence-electron chi connectivity index (χ2n) is 17.6. The maximum atomic E-state index is 2.64. The molecule has 5 heteroatoms. The molecule has 3 aromatic heterocycles. The lowest BCUT2D eigenvalue weighted by Crippen LogP contribution is -2.59. The Morgan fingerprint density at radius 2 is 0.615 bits per heavy atom. The van der Waals surface area contributed by atoms with Gasteiger partial charge in [0.25, 0.3) is 0 Å². The van der Waals surface area contributed by atoms with E-state index in [-0.39, 0.29) is 6.85 Å². The molecule has 1 nitrogen and oxygen atoms in total. The first-order valence-corrected chi connectivity index (χ1v) is 24.7. The van der Waals surface area contributed by atoms with Gasteiger partial charge >= 0.3 is 6.85 Å². The molecule has 0 aliphatic carbocycles. The lowest BCUT2D eigenvalue weighted by molar-refractivity contribution is 1.35. The normalized spacial score (nSPS) is 12.9. The van der Waals surface area contributed by atoms with Gasteiger partial charge in [-0.25, -0.2) is 0 Å². The summed E-state index contributed by atoms with van der Waals surface area (Å²) in [5, 5.41) is 7.96. The van der Waals surface area contributed by atoms with Crippen LogP contribution in [0.5, 0.6) is 0 Å². The molecule has 2 aliphatic heterocycles. The Morgan fingerprint density at radius 3 is 1.12 bits per heavy atom. The molecule has 0 saturated carbocycles. The van der Waals surface area contributed by atoms with E-state index < -0.39 is 0 Å². The molecule has 300 valence electrons. The molecule has 0 unspecified atom stereocenters. The van der Waals surface area contributed by atoms with E-state index in [0.29, 0.717) is 0 Å². The van der Waals surface area contributed by atoms with Gasteiger partial charge in [-0.2, -0.15) is 0 Å². The van der Waals surface area contributed by atoms with Gasteiger partial charge in [0.1, 0.15) is 0 Å². The molecule has 5 heterocycles. The minimum Gasteiger partial charge on any atom is -0.376 e. The number of thiophene rings is 3. The fourth-order valence-electron chi connectivity index (χ4n) is 11.0. The molecule has 0 spiro atoms. The van der Waals surface area contributed by atoms with E-state index in [1.54, 1.807) is 0 Å². The molecule has 0 bridgehead atoms. The van der Waals surface area contributed by atoms with Crippen LogP contribution >= 0.6 is 34.0 Å². The Labute approximate surface area is 387 Å². The van der Waals surface area contributed by atoms with E-state index in [9.17, 15) is 0 Å². The number of hydrogen-bond acceptors (Lipinski definition) is 4. The predicted molar refractivity (Wildman–Crippen MR) is 286 cm³/mol. The van der Waals surface area contributed by atoms with Gasteiger partial charge in [0.05, 0.1) is 0 Å². The number of hydrogen-bond donors (Lipinski definition) is 0. The van der Waals surface area contributed by atoms with E-state index in [1.165, 1.54) is 138 Å². The molecule has 65 heavy (non-hydrogen) atoms. The highest BCUT2D eigenvalue weighted by Crippen LogP contribution is 2.49. The average molecular weight is 876 g/mol. The molecule has 0 fully saturated rings. The summed E-state index contributed by atoms with van der Waals surface area (Å²) in [5.41, 5.74) is 17.7. The van der Waals surface area contributed by atoms with E-state index in [1.807, 2.05) is 34.0 Å². The number of anilines is 2. The minimum atomic E-state index is 0.0114. The summed E-state index contributed by atoms with van der Waals surface area (Å²) < 4.78 is 7.99. The molecule has 0 amide bonds. The molecule has 10 aromatic carbocycles. The van der Waals surface area contributed by atoms with Crippen LogP contribution < -0.4 is 15.7 Å². The summed E-state index contributed by atoms with van der Waals surface area (Å²) in [5.74, 6) is 0. The van der Waals surface area contributed by atoms with Crippen LogP contribution in [0.4, 0.5) is 11.4 Å². The molecule has 0 atom stereocenters. The van der Waals surface area contributed by atoms with Crippen molar-refractivity contribution in [1.29, 1.82) is 0 Å². The number of nitrogens with zero attached hydrogens (tertiary/aromatic N) is 1. The Balaban J connectivity index is 0.934. The van der Waals surface area contributed by atoms with Crippen molar-refractivity contribution in [3.63, 3.8) is 0 Å². The summed E-state index contributed by atoms with van der Waals surface area (Å²) in [6.45, 7) is 0.0114. The molecule has 0 saturated heterocycles. The highest BCUT2D eigenvalue weighted by Gasteiger charge is 2.42. The summed E-state index contributed by atoms with van der Waals surface area (Å²) in [6.07, 6.45) is 0. The van der Waals surface area contributed by atoms with E-state index in [4.69, 9.17) is 0 Å². The Morgan fingerprint density at radius 1 is 0.262 bits per heavy atom. The first-order chi connectivity index (χ1) is 32.2. The smallest absolute Gasteiger partial charge is 0.329 e. The quantitative estimate of drug-likeness (QED) is 0.160. The van der Waals surface area contributed by atoms with Crippen molar-refractivity contribution in [2.75, 3.05) is 4.81 Å². The monoisotopic (exact) mass is 875 g/mol. The van der Waals surface area contributed by atoms with Crippen molar-refractivity contribution in [2.24, 2.45) is 0 Å². The Kier molecular flexibility index (Phi) is 7.57. The van der Waals surface area contributed by atoms with Crippen LogP contribution in [0.2, 0.25) is 0 Å². The molecule has 0 N–H and O–H groups in total. The average Bonchev–Trinajstić information content (AvgIpc) is 4.06. The molecule has 2 aliphatic rings. The van der Waals surface area contributed by atoms with Crippen LogP contribution in [-0.4, -0.2) is 6.85 Å². The Hall–Kier alpha value is -7.28. The second kappa shape index (κ2) is 13.6. The van der Waals surface area contributed by atoms with Gasteiger partial charge in [-0.05, 0) is 140 Å². The van der Waals surface area contributed by atoms with Crippen LogP contribution in [0.25, 0.3) is 116 Å². The minimum absolute atomic E-state index is 0.0114. The van der Waals surface area contributed by atoms with Crippen molar-refractivity contribution in [2.45, 2.75) is 0 Å². The highest BCUT2D eigenvalue weighted by molar-refractivity contribution is 7.26. The Bertz CT molecular complexity index is 4170. The molecule has 0 radical (unpaired) electrons. The van der Waals surface area contributed by atoms with Gasteiger partial charge in [0.15, 0.2) is 0 Å². The maximum absolute atomic E-state index is 2.64. The van der Waals surface area contributed by atoms with Gasteiger partial charge in [-0.1, -0.05) is 121 Å². The van der Waals surface area contributed by atoms with E-state index in [0.717, 1.165) is 0 Å². The summed E-state index contributed by atoms with van der Waals surface area (Å²) in [6, 6.07) is 78.3. The zero-order valence-corrected chi connectivity index (χ0v) is 37.3. The fourth-order valence-corrected chi connectivity index (χ4v) is 14.3. The molecule has 13 aromatic rings. The van der Waals surface area contributed by atoms with Gasteiger partial charge in [-0.15, -0.1) is 34.0 Å². The van der Waals surface area contributed by atoms with Crippen molar-refractivity contribution in [1.82, 2.24) is 0 Å². The van der Waals surface area contributed by atoms with Crippen molar-refractivity contribution < 1.29 is 0 Å². The standard InChI is InChI=1S/C60H34BNS3/c1-5-13-51-41(9-1)46-30-36(39-21-27-59-49(33-39)43-11-3-7-15-56(43)64-59)18-24-53(46)62-54-25-19-37(40-22-28-60-50(34-40)44-12-4-8-16-57(44)65-60)31-47(54)45-29-35(17-23-52(45)61(51)62)38-20-26-58-48(32-38)42-10-2-6-14-55(42)63-58/h1-34H. The topological polar surface area (TPSA) is 3.24 Å². The van der Waals surface area contributed by atoms with E-state index in [2.05, 4.69) is 211 Å². The lowest BCUT2D eigenvalue weighted by atomic mass is 9.43. The van der Waals surface area contributed by atoms with Crippen molar-refractivity contribution in [3.05, 3.63) is 206 Å². The summed E-state index contributed by atoms with van der Waals surface area (Å²) in [4.78, 5) is 2.64. The number of benzene rings is 10. The van der Waals surface area contributed by atoms with Gasteiger partial charge in [0, 0.05) is 83.0 Å². The first kappa shape index (κ1) is 36.1. The number of rotatable bonds is 3. The summed E-state index contributed by atoms with van der Waals surface area (Å²) in [7, 11) is 0. The third-order valence-corrected chi connectivity index (χ3v) is 17.5. The van der Waals surface area contributed by atoms with Gasteiger partial charge < -0.3 is 4.81 Å². The predicted octanol–water partition coefficient (Wildman–Crippen LogP) is 16.7. The maximum Gasteiger partial charge on any atom is 0.329 e. The van der Waals surface area contributed by atoms with Crippen LogP contribution in [0.15, 0.2) is 206 Å². The van der Waals surface area contributed by atoms with Crippen molar-refractivity contribution >= 4 is 124 Å². The molecular weight excluding hydrogens is 842 g/mol. The zero-order valence-electron chi connectivity index (χ0n) is 34.9. The van der Waals surface area contributed by atoms with Crippen LogP contribution in [0.3, 0.4) is 0 Å².